The zero-order valence-electron chi connectivity index (χ0n) is 18.2. The molecule has 2 aromatic rings. The predicted octanol–water partition coefficient (Wildman–Crippen LogP) is 4.25. The number of aliphatic hydroxyl groups excluding tert-OH is 1. The number of benzene rings is 2. The van der Waals surface area contributed by atoms with Crippen LogP contribution in [0.25, 0.3) is 0 Å². The fourth-order valence-corrected chi connectivity index (χ4v) is 2.71. The van der Waals surface area contributed by atoms with E-state index in [2.05, 4.69) is 17.6 Å². The number of hydrogen-bond acceptors (Lipinski definition) is 5. The summed E-state index contributed by atoms with van der Waals surface area (Å²) in [6.45, 7) is 7.59. The van der Waals surface area contributed by atoms with Crippen LogP contribution < -0.4 is 20.1 Å². The molecule has 3 N–H and O–H groups in total. The summed E-state index contributed by atoms with van der Waals surface area (Å²) in [6, 6.07) is 14.6. The lowest BCUT2D eigenvalue weighted by Gasteiger charge is -2.15. The molecule has 2 rings (SSSR count). The van der Waals surface area contributed by atoms with Crippen LogP contribution in [-0.4, -0.2) is 42.9 Å². The van der Waals surface area contributed by atoms with E-state index in [1.165, 1.54) is 0 Å². The molecule has 0 heterocycles. The number of amides is 1. The Morgan fingerprint density at radius 2 is 1.60 bits per heavy atom. The van der Waals surface area contributed by atoms with Crippen molar-refractivity contribution in [2.24, 2.45) is 0 Å². The minimum atomic E-state index is -0.578. The summed E-state index contributed by atoms with van der Waals surface area (Å²) in [6.07, 6.45) is 2.77. The summed E-state index contributed by atoms with van der Waals surface area (Å²) in [4.78, 5) is 12.4. The molecule has 0 radical (unpaired) electrons. The summed E-state index contributed by atoms with van der Waals surface area (Å²) in [5.74, 6) is 1.23. The van der Waals surface area contributed by atoms with E-state index >= 15 is 0 Å². The lowest BCUT2D eigenvalue weighted by molar-refractivity contribution is 0.102. The van der Waals surface area contributed by atoms with Crippen molar-refractivity contribution in [1.29, 1.82) is 0 Å². The fraction of sp³-hybridized carbons (Fsp3) is 0.458. The maximum Gasteiger partial charge on any atom is 0.255 e. The Morgan fingerprint density at radius 1 is 0.967 bits per heavy atom. The Labute approximate surface area is 179 Å². The van der Waals surface area contributed by atoms with Crippen LogP contribution in [0.4, 0.5) is 5.69 Å². The monoisotopic (exact) mass is 414 g/mol. The Bertz CT molecular complexity index is 745. The topological polar surface area (TPSA) is 79.8 Å². The maximum atomic E-state index is 12.4. The molecule has 1 amide bonds. The number of carbonyl (C=O) groups is 1. The van der Waals surface area contributed by atoms with Crippen molar-refractivity contribution in [2.75, 3.05) is 25.1 Å². The number of anilines is 1. The molecule has 1 atom stereocenters. The third kappa shape index (κ3) is 8.84. The molecule has 0 aromatic heterocycles. The van der Waals surface area contributed by atoms with Gasteiger partial charge in [0.2, 0.25) is 0 Å². The van der Waals surface area contributed by atoms with Crippen molar-refractivity contribution in [2.45, 2.75) is 52.2 Å². The normalized spacial score (nSPS) is 11.9. The van der Waals surface area contributed by atoms with E-state index in [0.29, 0.717) is 36.2 Å². The standard InChI is InChI=1S/C24H34N2O4/c1-4-5-6-15-29-22-11-7-19(8-12-22)24(28)26-20-9-13-23(14-10-20)30-17-21(27)16-25-18(2)3/h7-14,18,21,25,27H,4-6,15-17H2,1-3H3,(H,26,28). The molecule has 0 aliphatic heterocycles. The Kier molecular flexibility index (Phi) is 10.2. The van der Waals surface area contributed by atoms with Crippen molar-refractivity contribution in [3.05, 3.63) is 54.1 Å². The van der Waals surface area contributed by atoms with Gasteiger partial charge in [0.15, 0.2) is 0 Å². The van der Waals surface area contributed by atoms with E-state index in [9.17, 15) is 9.90 Å². The van der Waals surface area contributed by atoms with Crippen LogP contribution in [0, 0.1) is 0 Å². The second-order valence-corrected chi connectivity index (χ2v) is 7.59. The van der Waals surface area contributed by atoms with Crippen LogP contribution in [0.3, 0.4) is 0 Å². The summed E-state index contributed by atoms with van der Waals surface area (Å²) < 4.78 is 11.3. The minimum absolute atomic E-state index is 0.184. The molecule has 6 nitrogen and oxygen atoms in total. The van der Waals surface area contributed by atoms with Gasteiger partial charge in [0.1, 0.15) is 24.2 Å². The number of hydrogen-bond donors (Lipinski definition) is 3. The molecule has 1 unspecified atom stereocenters. The first kappa shape index (κ1) is 23.7. The van der Waals surface area contributed by atoms with Gasteiger partial charge >= 0.3 is 0 Å². The van der Waals surface area contributed by atoms with Crippen molar-refractivity contribution >= 4 is 11.6 Å². The highest BCUT2D eigenvalue weighted by molar-refractivity contribution is 6.04. The van der Waals surface area contributed by atoms with Crippen molar-refractivity contribution in [3.8, 4) is 11.5 Å². The van der Waals surface area contributed by atoms with Crippen LogP contribution in [0.5, 0.6) is 11.5 Å². The summed E-state index contributed by atoms with van der Waals surface area (Å²) in [7, 11) is 0. The largest absolute Gasteiger partial charge is 0.494 e. The maximum absolute atomic E-state index is 12.4. The molecule has 0 saturated heterocycles. The molecule has 0 fully saturated rings. The molecule has 2 aromatic carbocycles. The first-order chi connectivity index (χ1) is 14.5. The SMILES string of the molecule is CCCCCOc1ccc(C(=O)Nc2ccc(OCC(O)CNC(C)C)cc2)cc1. The molecule has 0 bridgehead atoms. The van der Waals surface area contributed by atoms with Gasteiger partial charge in [0.05, 0.1) is 6.61 Å². The van der Waals surface area contributed by atoms with E-state index in [-0.39, 0.29) is 12.5 Å². The second kappa shape index (κ2) is 12.9. The second-order valence-electron chi connectivity index (χ2n) is 7.59. The van der Waals surface area contributed by atoms with E-state index in [0.717, 1.165) is 25.0 Å². The summed E-state index contributed by atoms with van der Waals surface area (Å²) >= 11 is 0. The van der Waals surface area contributed by atoms with Crippen LogP contribution in [0.1, 0.15) is 50.4 Å². The number of aliphatic hydroxyl groups is 1. The van der Waals surface area contributed by atoms with Crippen LogP contribution in [0.15, 0.2) is 48.5 Å². The predicted molar refractivity (Wildman–Crippen MR) is 120 cm³/mol. The molecule has 0 aliphatic carbocycles. The first-order valence-electron chi connectivity index (χ1n) is 10.7. The highest BCUT2D eigenvalue weighted by Gasteiger charge is 2.08. The molecule has 6 heteroatoms. The highest BCUT2D eigenvalue weighted by Crippen LogP contribution is 2.18. The van der Waals surface area contributed by atoms with Gasteiger partial charge < -0.3 is 25.2 Å². The molecular weight excluding hydrogens is 380 g/mol. The molecule has 30 heavy (non-hydrogen) atoms. The zero-order chi connectivity index (χ0) is 21.8. The third-order valence-electron chi connectivity index (χ3n) is 4.45. The number of rotatable bonds is 13. The fourth-order valence-electron chi connectivity index (χ4n) is 2.71. The third-order valence-corrected chi connectivity index (χ3v) is 4.45. The van der Waals surface area contributed by atoms with Crippen molar-refractivity contribution < 1.29 is 19.4 Å². The Morgan fingerprint density at radius 3 is 2.23 bits per heavy atom. The van der Waals surface area contributed by atoms with E-state index < -0.39 is 6.10 Å². The molecular formula is C24H34N2O4. The molecule has 0 saturated carbocycles. The minimum Gasteiger partial charge on any atom is -0.494 e. The van der Waals surface area contributed by atoms with Gasteiger partial charge in [-0.1, -0.05) is 33.6 Å². The van der Waals surface area contributed by atoms with Crippen molar-refractivity contribution in [1.82, 2.24) is 5.32 Å². The Balaban J connectivity index is 1.78. The lowest BCUT2D eigenvalue weighted by Crippen LogP contribution is -2.35. The van der Waals surface area contributed by atoms with Gasteiger partial charge in [-0.15, -0.1) is 0 Å². The molecule has 0 spiro atoms. The smallest absolute Gasteiger partial charge is 0.255 e. The average molecular weight is 415 g/mol. The van der Waals surface area contributed by atoms with Crippen molar-refractivity contribution in [3.63, 3.8) is 0 Å². The molecule has 164 valence electrons. The highest BCUT2D eigenvalue weighted by atomic mass is 16.5. The van der Waals surface area contributed by atoms with Gasteiger partial charge in [-0.2, -0.15) is 0 Å². The summed E-state index contributed by atoms with van der Waals surface area (Å²) in [5, 5.41) is 15.9. The van der Waals surface area contributed by atoms with E-state index in [1.807, 2.05) is 26.0 Å². The quantitative estimate of drug-likeness (QED) is 0.427. The Hall–Kier alpha value is -2.57. The van der Waals surface area contributed by atoms with Gasteiger partial charge in [-0.05, 0) is 55.0 Å². The van der Waals surface area contributed by atoms with E-state index in [4.69, 9.17) is 9.47 Å². The number of ether oxygens (including phenoxy) is 2. The number of nitrogens with one attached hydrogen (secondary N) is 2. The van der Waals surface area contributed by atoms with Gasteiger partial charge in [0, 0.05) is 23.8 Å². The van der Waals surface area contributed by atoms with Gasteiger partial charge in [0.25, 0.3) is 5.91 Å². The van der Waals surface area contributed by atoms with Gasteiger partial charge in [-0.3, -0.25) is 4.79 Å². The number of carbonyl (C=O) groups excluding carboxylic acids is 1. The van der Waals surface area contributed by atoms with E-state index in [1.54, 1.807) is 36.4 Å². The zero-order valence-corrected chi connectivity index (χ0v) is 18.2. The van der Waals surface area contributed by atoms with Gasteiger partial charge in [-0.25, -0.2) is 0 Å². The van der Waals surface area contributed by atoms with Crippen LogP contribution in [0.2, 0.25) is 0 Å². The summed E-state index contributed by atoms with van der Waals surface area (Å²) in [5.41, 5.74) is 1.24. The average Bonchev–Trinajstić information content (AvgIpc) is 2.75. The molecule has 0 aliphatic rings. The number of unbranched alkanes of at least 4 members (excludes halogenated alkanes) is 2. The first-order valence-corrected chi connectivity index (χ1v) is 10.7. The lowest BCUT2D eigenvalue weighted by atomic mass is 10.2. The van der Waals surface area contributed by atoms with Crippen LogP contribution >= 0.6 is 0 Å². The van der Waals surface area contributed by atoms with Crippen LogP contribution in [-0.2, 0) is 0 Å².